The van der Waals surface area contributed by atoms with Crippen molar-refractivity contribution in [3.63, 3.8) is 0 Å². The van der Waals surface area contributed by atoms with Gasteiger partial charge in [0.05, 0.1) is 16.9 Å². The van der Waals surface area contributed by atoms with Crippen molar-refractivity contribution in [1.82, 2.24) is 25.2 Å². The van der Waals surface area contributed by atoms with Gasteiger partial charge in [0, 0.05) is 18.0 Å². The van der Waals surface area contributed by atoms with Crippen LogP contribution in [0.3, 0.4) is 0 Å². The molecular weight excluding hydrogens is 342 g/mol. The zero-order valence-electron chi connectivity index (χ0n) is 14.6. The van der Waals surface area contributed by atoms with Crippen LogP contribution in [0.1, 0.15) is 17.1 Å². The average Bonchev–Trinajstić information content (AvgIpc) is 3.12. The Hall–Kier alpha value is -3.81. The number of aromatic nitrogens is 5. The Morgan fingerprint density at radius 3 is 2.70 bits per heavy atom. The molecule has 0 aliphatic heterocycles. The molecule has 0 amide bonds. The zero-order chi connectivity index (χ0) is 18.6. The maximum atomic E-state index is 6.00. The minimum atomic E-state index is 0.200. The summed E-state index contributed by atoms with van der Waals surface area (Å²) in [5, 5.41) is 16.8. The molecule has 0 unspecified atom stereocenters. The monoisotopic (exact) mass is 359 g/mol. The summed E-state index contributed by atoms with van der Waals surface area (Å²) in [6.45, 7) is 0.200. The number of pyridine rings is 1. The molecule has 8 nitrogen and oxygen atoms in total. The highest BCUT2D eigenvalue weighted by atomic mass is 16.6. The highest BCUT2D eigenvalue weighted by molar-refractivity contribution is 6.10. The van der Waals surface area contributed by atoms with Crippen molar-refractivity contribution in [2.24, 2.45) is 12.2 Å². The second kappa shape index (κ2) is 7.20. The lowest BCUT2D eigenvalue weighted by Crippen LogP contribution is -2.12. The Balaban J connectivity index is 1.61. The summed E-state index contributed by atoms with van der Waals surface area (Å²) >= 11 is 0. The van der Waals surface area contributed by atoms with E-state index < -0.39 is 0 Å². The number of aryl methyl sites for hydroxylation is 1. The Morgan fingerprint density at radius 1 is 1.07 bits per heavy atom. The molecule has 8 heteroatoms. The topological polar surface area (TPSA) is 104 Å². The van der Waals surface area contributed by atoms with Crippen LogP contribution in [-0.2, 0) is 18.5 Å². The van der Waals surface area contributed by atoms with E-state index in [4.69, 9.17) is 10.6 Å². The van der Waals surface area contributed by atoms with Crippen molar-refractivity contribution in [3.8, 4) is 0 Å². The van der Waals surface area contributed by atoms with E-state index in [2.05, 4.69) is 25.7 Å². The Kier molecular flexibility index (Phi) is 4.44. The molecule has 2 heterocycles. The largest absolute Gasteiger partial charge is 0.397 e. The number of anilines is 1. The molecule has 2 aromatic carbocycles. The predicted molar refractivity (Wildman–Crippen MR) is 102 cm³/mol. The first-order chi connectivity index (χ1) is 13.2. The van der Waals surface area contributed by atoms with E-state index in [0.717, 1.165) is 22.2 Å². The van der Waals surface area contributed by atoms with Crippen LogP contribution < -0.4 is 5.73 Å². The number of nitrogens with zero attached hydrogens (tertiary/aromatic N) is 6. The predicted octanol–water partition coefficient (Wildman–Crippen LogP) is 2.31. The van der Waals surface area contributed by atoms with Gasteiger partial charge >= 0.3 is 0 Å². The number of nitrogen functional groups attached to an aromatic ring is 1. The van der Waals surface area contributed by atoms with Gasteiger partial charge in [-0.15, -0.1) is 5.10 Å². The van der Waals surface area contributed by atoms with Gasteiger partial charge in [0.2, 0.25) is 5.82 Å². The molecule has 0 spiro atoms. The Morgan fingerprint density at radius 2 is 1.93 bits per heavy atom. The SMILES string of the molecule is Cn1nnnc1/C(=N\OCc1ccc2cccc(N)c2n1)c1ccccc1. The van der Waals surface area contributed by atoms with Gasteiger partial charge in [-0.3, -0.25) is 0 Å². The zero-order valence-corrected chi connectivity index (χ0v) is 14.6. The second-order valence-electron chi connectivity index (χ2n) is 5.93. The number of nitrogens with two attached hydrogens (primary N) is 1. The fourth-order valence-electron chi connectivity index (χ4n) is 2.70. The number of rotatable bonds is 5. The maximum Gasteiger partial charge on any atom is 0.204 e. The normalized spacial score (nSPS) is 11.7. The first-order valence-electron chi connectivity index (χ1n) is 8.34. The smallest absolute Gasteiger partial charge is 0.204 e. The van der Waals surface area contributed by atoms with Gasteiger partial charge in [-0.25, -0.2) is 9.67 Å². The summed E-state index contributed by atoms with van der Waals surface area (Å²) < 4.78 is 1.55. The van der Waals surface area contributed by atoms with Crippen LogP contribution in [0.5, 0.6) is 0 Å². The summed E-state index contributed by atoms with van der Waals surface area (Å²) in [6.07, 6.45) is 0. The molecule has 0 aliphatic carbocycles. The molecule has 27 heavy (non-hydrogen) atoms. The number of oxime groups is 1. The van der Waals surface area contributed by atoms with E-state index in [1.165, 1.54) is 0 Å². The standard InChI is InChI=1S/C19H17N7O/c1-26-19(22-24-25-26)18(13-6-3-2-4-7-13)23-27-12-15-11-10-14-8-5-9-16(20)17(14)21-15/h2-11H,12,20H2,1H3/b23-18-. The van der Waals surface area contributed by atoms with Crippen LogP contribution >= 0.6 is 0 Å². The van der Waals surface area contributed by atoms with Gasteiger partial charge in [-0.05, 0) is 22.6 Å². The summed E-state index contributed by atoms with van der Waals surface area (Å²) in [4.78, 5) is 10.1. The molecule has 0 aliphatic rings. The van der Waals surface area contributed by atoms with Crippen LogP contribution in [-0.4, -0.2) is 30.9 Å². The minimum Gasteiger partial charge on any atom is -0.397 e. The van der Waals surface area contributed by atoms with E-state index in [1.807, 2.05) is 60.7 Å². The van der Waals surface area contributed by atoms with Crippen LogP contribution in [0, 0.1) is 0 Å². The number of benzene rings is 2. The van der Waals surface area contributed by atoms with Crippen molar-refractivity contribution < 1.29 is 4.84 Å². The molecule has 2 aromatic heterocycles. The molecule has 0 saturated heterocycles. The molecule has 2 N–H and O–H groups in total. The molecular formula is C19H17N7O. The molecule has 0 atom stereocenters. The lowest BCUT2D eigenvalue weighted by Gasteiger charge is -2.07. The highest BCUT2D eigenvalue weighted by Gasteiger charge is 2.14. The Bertz CT molecular complexity index is 1110. The van der Waals surface area contributed by atoms with Crippen LogP contribution in [0.4, 0.5) is 5.69 Å². The number of hydrogen-bond acceptors (Lipinski definition) is 7. The van der Waals surface area contributed by atoms with Gasteiger partial charge in [-0.1, -0.05) is 53.7 Å². The first-order valence-corrected chi connectivity index (χ1v) is 8.34. The van der Waals surface area contributed by atoms with E-state index in [1.54, 1.807) is 11.7 Å². The summed E-state index contributed by atoms with van der Waals surface area (Å²) in [5.41, 5.74) is 9.52. The van der Waals surface area contributed by atoms with Crippen LogP contribution in [0.25, 0.3) is 10.9 Å². The molecule has 4 aromatic rings. The van der Waals surface area contributed by atoms with E-state index in [0.29, 0.717) is 17.2 Å². The summed E-state index contributed by atoms with van der Waals surface area (Å²) in [6, 6.07) is 19.2. The molecule has 4 rings (SSSR count). The first kappa shape index (κ1) is 16.6. The van der Waals surface area contributed by atoms with Gasteiger partial charge in [-0.2, -0.15) is 0 Å². The van der Waals surface area contributed by atoms with Gasteiger partial charge in [0.25, 0.3) is 0 Å². The fourth-order valence-corrected chi connectivity index (χ4v) is 2.70. The molecule has 0 fully saturated rings. The van der Waals surface area contributed by atoms with Crippen molar-refractivity contribution in [2.75, 3.05) is 5.73 Å². The van der Waals surface area contributed by atoms with Crippen molar-refractivity contribution in [2.45, 2.75) is 6.61 Å². The quantitative estimate of drug-likeness (QED) is 0.333. The van der Waals surface area contributed by atoms with Gasteiger partial charge in [0.1, 0.15) is 0 Å². The van der Waals surface area contributed by atoms with Gasteiger partial charge in [0.15, 0.2) is 12.3 Å². The third kappa shape index (κ3) is 3.45. The van der Waals surface area contributed by atoms with Crippen molar-refractivity contribution in [1.29, 1.82) is 0 Å². The number of fused-ring (bicyclic) bond motifs is 1. The van der Waals surface area contributed by atoms with E-state index in [9.17, 15) is 0 Å². The van der Waals surface area contributed by atoms with Crippen LogP contribution in [0.15, 0.2) is 65.8 Å². The maximum absolute atomic E-state index is 6.00. The molecule has 0 saturated carbocycles. The third-order valence-corrected chi connectivity index (χ3v) is 4.06. The summed E-state index contributed by atoms with van der Waals surface area (Å²) in [5.74, 6) is 0.511. The lowest BCUT2D eigenvalue weighted by atomic mass is 10.1. The Labute approximate surface area is 155 Å². The second-order valence-corrected chi connectivity index (χ2v) is 5.93. The number of para-hydroxylation sites is 1. The average molecular weight is 359 g/mol. The third-order valence-electron chi connectivity index (χ3n) is 4.06. The van der Waals surface area contributed by atoms with E-state index in [-0.39, 0.29) is 6.61 Å². The number of hydrogen-bond donors (Lipinski definition) is 1. The van der Waals surface area contributed by atoms with Gasteiger partial charge < -0.3 is 10.6 Å². The molecule has 0 radical (unpaired) electrons. The number of tetrazole rings is 1. The molecule has 0 bridgehead atoms. The molecule has 134 valence electrons. The van der Waals surface area contributed by atoms with Crippen molar-refractivity contribution >= 4 is 22.3 Å². The summed E-state index contributed by atoms with van der Waals surface area (Å²) in [7, 11) is 1.75. The lowest BCUT2D eigenvalue weighted by molar-refractivity contribution is 0.128. The van der Waals surface area contributed by atoms with Crippen LogP contribution in [0.2, 0.25) is 0 Å². The van der Waals surface area contributed by atoms with Crippen molar-refractivity contribution in [3.05, 3.63) is 77.7 Å². The highest BCUT2D eigenvalue weighted by Crippen LogP contribution is 2.19. The fraction of sp³-hybridized carbons (Fsp3) is 0.105. The van der Waals surface area contributed by atoms with E-state index >= 15 is 0 Å². The minimum absolute atomic E-state index is 0.200.